The van der Waals surface area contributed by atoms with Crippen LogP contribution in [0.2, 0.25) is 0 Å². The van der Waals surface area contributed by atoms with Gasteiger partial charge >= 0.3 is 0 Å². The summed E-state index contributed by atoms with van der Waals surface area (Å²) in [5.41, 5.74) is 7.71. The first-order chi connectivity index (χ1) is 15.4. The second kappa shape index (κ2) is 8.18. The van der Waals surface area contributed by atoms with Crippen LogP contribution in [-0.4, -0.2) is 49.7 Å². The summed E-state index contributed by atoms with van der Waals surface area (Å²) in [4.78, 5) is 20.1. The molecule has 7 nitrogen and oxygen atoms in total. The van der Waals surface area contributed by atoms with Crippen molar-refractivity contribution in [2.24, 2.45) is 0 Å². The molecule has 0 aliphatic carbocycles. The first kappa shape index (κ1) is 20.9. The second-order valence-electron chi connectivity index (χ2n) is 8.07. The molecule has 0 unspecified atom stereocenters. The molecular weight excluding hydrogens is 436 g/mol. The third kappa shape index (κ3) is 3.63. The van der Waals surface area contributed by atoms with Gasteiger partial charge in [0, 0.05) is 55.3 Å². The molecule has 0 spiro atoms. The van der Waals surface area contributed by atoms with Crippen molar-refractivity contribution in [3.63, 3.8) is 0 Å². The highest BCUT2D eigenvalue weighted by Crippen LogP contribution is 2.37. The Morgan fingerprint density at radius 3 is 2.91 bits per heavy atom. The molecule has 1 aromatic carbocycles. The largest absolute Gasteiger partial charge is 0.488 e. The summed E-state index contributed by atoms with van der Waals surface area (Å²) in [6.07, 6.45) is 0.133. The number of aromatic nitrogens is 1. The molecule has 0 bridgehead atoms. The van der Waals surface area contributed by atoms with Crippen LogP contribution >= 0.6 is 11.3 Å². The summed E-state index contributed by atoms with van der Waals surface area (Å²) >= 11 is 1.21. The molecular formula is C22H23F2N5O2S. The number of aryl methyl sites for hydroxylation is 1. The van der Waals surface area contributed by atoms with E-state index in [2.05, 4.69) is 15.6 Å². The van der Waals surface area contributed by atoms with Gasteiger partial charge in [0.25, 0.3) is 5.91 Å². The Morgan fingerprint density at radius 2 is 2.12 bits per heavy atom. The Balaban J connectivity index is 1.36. The summed E-state index contributed by atoms with van der Waals surface area (Å²) in [6.45, 7) is 4.53. The molecule has 5 rings (SSSR count). The SMILES string of the molecule is Cc1ccc2c(N)c(C(=O)N[C@H]3COc4c(F)c(N5CCNCC5)cc(F)c4C3)sc2n1. The molecule has 2 aliphatic heterocycles. The molecule has 1 atom stereocenters. The van der Waals surface area contributed by atoms with E-state index in [1.165, 1.54) is 17.4 Å². The standard InChI is InChI=1S/C22H23F2N5O2S/c1-11-2-3-13-18(25)20(32-22(13)27-11)21(30)28-12-8-14-15(23)9-16(17(24)19(14)31-10-12)29-6-4-26-5-7-29/h2-3,9,12,26H,4-8,10,25H2,1H3,(H,28,30)/t12-/m1/s1. The number of nitrogens with zero attached hydrogens (tertiary/aromatic N) is 2. The number of carbonyl (C=O) groups excluding carboxylic acids is 1. The zero-order valence-corrected chi connectivity index (χ0v) is 18.3. The molecule has 168 valence electrons. The fraction of sp³-hybridized carbons (Fsp3) is 0.364. The van der Waals surface area contributed by atoms with Gasteiger partial charge < -0.3 is 26.0 Å². The number of nitrogen functional groups attached to an aromatic ring is 1. The molecule has 0 radical (unpaired) electrons. The Bertz CT molecular complexity index is 1210. The van der Waals surface area contributed by atoms with Crippen molar-refractivity contribution >= 4 is 38.8 Å². The highest BCUT2D eigenvalue weighted by Gasteiger charge is 2.31. The number of carbonyl (C=O) groups is 1. The topological polar surface area (TPSA) is 92.5 Å². The van der Waals surface area contributed by atoms with E-state index >= 15 is 4.39 Å². The van der Waals surface area contributed by atoms with Gasteiger partial charge in [-0.1, -0.05) is 0 Å². The molecule has 1 fully saturated rings. The lowest BCUT2D eigenvalue weighted by Gasteiger charge is -2.32. The fourth-order valence-corrected chi connectivity index (χ4v) is 5.24. The number of hydrogen-bond donors (Lipinski definition) is 3. The zero-order valence-electron chi connectivity index (χ0n) is 17.5. The predicted octanol–water partition coefficient (Wildman–Crippen LogP) is 2.61. The van der Waals surface area contributed by atoms with E-state index in [1.54, 1.807) is 0 Å². The van der Waals surface area contributed by atoms with Gasteiger partial charge in [-0.3, -0.25) is 4.79 Å². The number of piperazine rings is 1. The molecule has 10 heteroatoms. The predicted molar refractivity (Wildman–Crippen MR) is 121 cm³/mol. The Labute approximate surface area is 187 Å². The molecule has 3 aromatic rings. The highest BCUT2D eigenvalue weighted by molar-refractivity contribution is 7.21. The first-order valence-corrected chi connectivity index (χ1v) is 11.3. The molecule has 4 heterocycles. The van der Waals surface area contributed by atoms with Gasteiger partial charge in [0.2, 0.25) is 0 Å². The van der Waals surface area contributed by atoms with Gasteiger partial charge in [-0.15, -0.1) is 11.3 Å². The number of thiophene rings is 1. The number of hydrogen-bond acceptors (Lipinski definition) is 7. The Morgan fingerprint density at radius 1 is 1.34 bits per heavy atom. The lowest BCUT2D eigenvalue weighted by Crippen LogP contribution is -2.45. The van der Waals surface area contributed by atoms with Gasteiger partial charge in [0.15, 0.2) is 11.6 Å². The lowest BCUT2D eigenvalue weighted by atomic mass is 10.00. The second-order valence-corrected chi connectivity index (χ2v) is 9.07. The van der Waals surface area contributed by atoms with Crippen LogP contribution in [0.15, 0.2) is 18.2 Å². The minimum Gasteiger partial charge on any atom is -0.488 e. The number of benzene rings is 1. The summed E-state index contributed by atoms with van der Waals surface area (Å²) in [5, 5.41) is 6.77. The smallest absolute Gasteiger partial charge is 0.263 e. The van der Waals surface area contributed by atoms with Crippen molar-refractivity contribution in [3.05, 3.63) is 46.0 Å². The third-order valence-electron chi connectivity index (χ3n) is 5.86. The average molecular weight is 460 g/mol. The molecule has 2 aliphatic rings. The first-order valence-electron chi connectivity index (χ1n) is 10.5. The molecule has 1 saturated heterocycles. The van der Waals surface area contributed by atoms with Crippen molar-refractivity contribution in [2.45, 2.75) is 19.4 Å². The zero-order chi connectivity index (χ0) is 22.4. The van der Waals surface area contributed by atoms with Crippen molar-refractivity contribution in [3.8, 4) is 5.75 Å². The van der Waals surface area contributed by atoms with Crippen LogP contribution in [0.1, 0.15) is 20.9 Å². The molecule has 0 saturated carbocycles. The van der Waals surface area contributed by atoms with Gasteiger partial charge in [-0.05, 0) is 19.1 Å². The Kier molecular flexibility index (Phi) is 5.34. The van der Waals surface area contributed by atoms with Crippen LogP contribution in [0, 0.1) is 18.6 Å². The number of nitrogens with one attached hydrogen (secondary N) is 2. The van der Waals surface area contributed by atoms with E-state index in [0.29, 0.717) is 41.6 Å². The summed E-state index contributed by atoms with van der Waals surface area (Å²) in [6, 6.07) is 4.40. The van der Waals surface area contributed by atoms with E-state index in [4.69, 9.17) is 10.5 Å². The number of rotatable bonds is 3. The van der Waals surface area contributed by atoms with Crippen molar-refractivity contribution in [1.82, 2.24) is 15.6 Å². The number of nitrogens with two attached hydrogens (primary N) is 1. The van der Waals surface area contributed by atoms with Crippen LogP contribution in [0.5, 0.6) is 5.75 Å². The van der Waals surface area contributed by atoms with Crippen molar-refractivity contribution in [1.29, 1.82) is 0 Å². The van der Waals surface area contributed by atoms with Crippen LogP contribution in [-0.2, 0) is 6.42 Å². The monoisotopic (exact) mass is 459 g/mol. The van der Waals surface area contributed by atoms with E-state index in [-0.39, 0.29) is 35.9 Å². The van der Waals surface area contributed by atoms with Crippen molar-refractivity contribution in [2.75, 3.05) is 43.4 Å². The van der Waals surface area contributed by atoms with E-state index in [9.17, 15) is 9.18 Å². The normalized spacial score (nSPS) is 18.3. The van der Waals surface area contributed by atoms with Crippen LogP contribution < -0.4 is 26.0 Å². The molecule has 2 aromatic heterocycles. The number of halogens is 2. The molecule has 1 amide bonds. The Hall–Kier alpha value is -2.98. The van der Waals surface area contributed by atoms with Gasteiger partial charge in [-0.2, -0.15) is 0 Å². The maximum absolute atomic E-state index is 15.1. The lowest BCUT2D eigenvalue weighted by molar-refractivity contribution is 0.0918. The number of pyridine rings is 1. The van der Waals surface area contributed by atoms with E-state index < -0.39 is 17.7 Å². The molecule has 4 N–H and O–H groups in total. The molecule has 32 heavy (non-hydrogen) atoms. The van der Waals surface area contributed by atoms with Crippen LogP contribution in [0.25, 0.3) is 10.2 Å². The van der Waals surface area contributed by atoms with Crippen LogP contribution in [0.4, 0.5) is 20.2 Å². The number of anilines is 2. The maximum Gasteiger partial charge on any atom is 0.263 e. The third-order valence-corrected chi connectivity index (χ3v) is 6.98. The number of fused-ring (bicyclic) bond motifs is 2. The van der Waals surface area contributed by atoms with Gasteiger partial charge in [0.1, 0.15) is 22.1 Å². The summed E-state index contributed by atoms with van der Waals surface area (Å²) in [7, 11) is 0. The number of amides is 1. The average Bonchev–Trinajstić information content (AvgIpc) is 3.12. The number of ether oxygens (including phenoxy) is 1. The van der Waals surface area contributed by atoms with Gasteiger partial charge in [0.05, 0.1) is 17.4 Å². The van der Waals surface area contributed by atoms with E-state index in [1.807, 2.05) is 24.0 Å². The fourth-order valence-electron chi connectivity index (χ4n) is 4.20. The van der Waals surface area contributed by atoms with Gasteiger partial charge in [-0.25, -0.2) is 13.8 Å². The quantitative estimate of drug-likeness (QED) is 0.558. The maximum atomic E-state index is 15.1. The van der Waals surface area contributed by atoms with E-state index in [0.717, 1.165) is 11.1 Å². The summed E-state index contributed by atoms with van der Waals surface area (Å²) in [5.74, 6) is -1.53. The summed E-state index contributed by atoms with van der Waals surface area (Å²) < 4.78 is 35.6. The minimum atomic E-state index is -0.553. The van der Waals surface area contributed by atoms with Crippen LogP contribution in [0.3, 0.4) is 0 Å². The minimum absolute atomic E-state index is 0.0439. The highest BCUT2D eigenvalue weighted by atomic mass is 32.1. The van der Waals surface area contributed by atoms with Crippen molar-refractivity contribution < 1.29 is 18.3 Å².